The predicted molar refractivity (Wildman–Crippen MR) is 117 cm³/mol. The van der Waals surface area contributed by atoms with Gasteiger partial charge in [0.15, 0.2) is 5.96 Å². The Bertz CT molecular complexity index is 585. The zero-order chi connectivity index (χ0) is 20.4. The summed E-state index contributed by atoms with van der Waals surface area (Å²) in [6.45, 7) is 11.2. The van der Waals surface area contributed by atoms with Crippen LogP contribution in [-0.2, 0) is 21.3 Å². The van der Waals surface area contributed by atoms with Crippen molar-refractivity contribution in [2.24, 2.45) is 4.99 Å². The molecule has 0 radical (unpaired) electrons. The van der Waals surface area contributed by atoms with Crippen molar-refractivity contribution in [2.75, 3.05) is 47.0 Å². The molecule has 1 fully saturated rings. The third kappa shape index (κ3) is 7.44. The van der Waals surface area contributed by atoms with Gasteiger partial charge in [-0.2, -0.15) is 0 Å². The Hall–Kier alpha value is -1.59. The van der Waals surface area contributed by atoms with E-state index in [0.717, 1.165) is 64.5 Å². The summed E-state index contributed by atoms with van der Waals surface area (Å²) in [6, 6.07) is 9.00. The van der Waals surface area contributed by atoms with Gasteiger partial charge in [-0.3, -0.25) is 4.99 Å². The van der Waals surface area contributed by atoms with Crippen molar-refractivity contribution in [2.45, 2.75) is 58.0 Å². The van der Waals surface area contributed by atoms with Crippen LogP contribution < -0.4 is 5.32 Å². The molecule has 5 nitrogen and oxygen atoms in total. The minimum Gasteiger partial charge on any atom is -0.385 e. The van der Waals surface area contributed by atoms with Crippen molar-refractivity contribution < 1.29 is 9.47 Å². The van der Waals surface area contributed by atoms with Gasteiger partial charge in [-0.05, 0) is 42.2 Å². The number of nitrogens with one attached hydrogen (secondary N) is 1. The molecule has 1 aromatic rings. The van der Waals surface area contributed by atoms with E-state index in [1.807, 2.05) is 7.05 Å². The SMILES string of the molecule is CN=C(NCCc1ccc(C(C)(C)C)cc1)N1CCC(OCCCOC)CC1. The summed E-state index contributed by atoms with van der Waals surface area (Å²) in [7, 11) is 3.60. The number of hydrogen-bond acceptors (Lipinski definition) is 3. The van der Waals surface area contributed by atoms with E-state index in [2.05, 4.69) is 60.2 Å². The minimum absolute atomic E-state index is 0.207. The number of methoxy groups -OCH3 is 1. The molecule has 28 heavy (non-hydrogen) atoms. The molecule has 1 N–H and O–H groups in total. The van der Waals surface area contributed by atoms with E-state index in [4.69, 9.17) is 9.47 Å². The average Bonchev–Trinajstić information content (AvgIpc) is 2.69. The first-order valence-electron chi connectivity index (χ1n) is 10.6. The van der Waals surface area contributed by atoms with Gasteiger partial charge >= 0.3 is 0 Å². The fourth-order valence-corrected chi connectivity index (χ4v) is 3.51. The van der Waals surface area contributed by atoms with Crippen molar-refractivity contribution >= 4 is 5.96 Å². The van der Waals surface area contributed by atoms with Crippen LogP contribution in [0.3, 0.4) is 0 Å². The number of aliphatic imine (C=N–C) groups is 1. The van der Waals surface area contributed by atoms with Crippen LogP contribution in [0.5, 0.6) is 0 Å². The summed E-state index contributed by atoms with van der Waals surface area (Å²) in [4.78, 5) is 6.82. The van der Waals surface area contributed by atoms with E-state index < -0.39 is 0 Å². The van der Waals surface area contributed by atoms with Crippen molar-refractivity contribution in [3.63, 3.8) is 0 Å². The van der Waals surface area contributed by atoms with E-state index in [1.165, 1.54) is 11.1 Å². The number of piperidine rings is 1. The number of rotatable bonds is 8. The number of benzene rings is 1. The third-order valence-electron chi connectivity index (χ3n) is 5.32. The second kappa shape index (κ2) is 11.4. The molecule has 1 aliphatic heterocycles. The maximum Gasteiger partial charge on any atom is 0.193 e. The molecule has 1 saturated heterocycles. The first-order valence-corrected chi connectivity index (χ1v) is 10.6. The van der Waals surface area contributed by atoms with Gasteiger partial charge < -0.3 is 19.7 Å². The maximum atomic E-state index is 5.95. The van der Waals surface area contributed by atoms with Gasteiger partial charge in [0.1, 0.15) is 0 Å². The molecule has 158 valence electrons. The Morgan fingerprint density at radius 2 is 1.82 bits per heavy atom. The fraction of sp³-hybridized carbons (Fsp3) is 0.696. The molecular weight excluding hydrogens is 350 g/mol. The van der Waals surface area contributed by atoms with Crippen LogP contribution in [0.15, 0.2) is 29.3 Å². The minimum atomic E-state index is 0.207. The molecule has 1 aromatic carbocycles. The molecule has 0 amide bonds. The van der Waals surface area contributed by atoms with Crippen LogP contribution in [0.25, 0.3) is 0 Å². The van der Waals surface area contributed by atoms with Gasteiger partial charge in [-0.25, -0.2) is 0 Å². The van der Waals surface area contributed by atoms with Crippen LogP contribution in [-0.4, -0.2) is 64.0 Å². The van der Waals surface area contributed by atoms with Crippen molar-refractivity contribution in [1.82, 2.24) is 10.2 Å². The molecule has 0 saturated carbocycles. The molecule has 1 aliphatic rings. The zero-order valence-corrected chi connectivity index (χ0v) is 18.5. The Balaban J connectivity index is 1.70. The van der Waals surface area contributed by atoms with Gasteiger partial charge in [-0.1, -0.05) is 45.0 Å². The standard InChI is InChI=1S/C23H39N3O2/c1-23(2,3)20-9-7-19(8-10-20)11-14-25-22(24-4)26-15-12-21(13-16-26)28-18-6-17-27-5/h7-10,21H,6,11-18H2,1-5H3,(H,24,25). The van der Waals surface area contributed by atoms with Gasteiger partial charge in [-0.15, -0.1) is 0 Å². The van der Waals surface area contributed by atoms with Gasteiger partial charge in [0.05, 0.1) is 6.10 Å². The summed E-state index contributed by atoms with van der Waals surface area (Å²) in [5, 5.41) is 3.53. The molecule has 1 heterocycles. The number of hydrogen-bond donors (Lipinski definition) is 1. The lowest BCUT2D eigenvalue weighted by Crippen LogP contribution is -2.47. The maximum absolute atomic E-state index is 5.95. The highest BCUT2D eigenvalue weighted by atomic mass is 16.5. The summed E-state index contributed by atoms with van der Waals surface area (Å²) in [5.74, 6) is 1.00. The van der Waals surface area contributed by atoms with Crippen LogP contribution in [0.4, 0.5) is 0 Å². The lowest BCUT2D eigenvalue weighted by atomic mass is 9.86. The van der Waals surface area contributed by atoms with Crippen LogP contribution >= 0.6 is 0 Å². The Labute approximate surface area is 171 Å². The topological polar surface area (TPSA) is 46.1 Å². The fourth-order valence-electron chi connectivity index (χ4n) is 3.51. The van der Waals surface area contributed by atoms with Gasteiger partial charge in [0, 0.05) is 47.0 Å². The Kier molecular flexibility index (Phi) is 9.26. The molecule has 0 aliphatic carbocycles. The summed E-state index contributed by atoms with van der Waals surface area (Å²) in [6.07, 6.45) is 4.45. The average molecular weight is 390 g/mol. The van der Waals surface area contributed by atoms with E-state index in [9.17, 15) is 0 Å². The zero-order valence-electron chi connectivity index (χ0n) is 18.5. The van der Waals surface area contributed by atoms with Gasteiger partial charge in [0.2, 0.25) is 0 Å². The molecule has 0 unspecified atom stereocenters. The highest BCUT2D eigenvalue weighted by Crippen LogP contribution is 2.22. The summed E-state index contributed by atoms with van der Waals surface area (Å²) in [5.41, 5.74) is 2.95. The molecule has 5 heteroatoms. The molecule has 0 aromatic heterocycles. The van der Waals surface area contributed by atoms with Crippen LogP contribution in [0, 0.1) is 0 Å². The lowest BCUT2D eigenvalue weighted by Gasteiger charge is -2.34. The van der Waals surface area contributed by atoms with Crippen LogP contribution in [0.2, 0.25) is 0 Å². The number of ether oxygens (including phenoxy) is 2. The highest BCUT2D eigenvalue weighted by Gasteiger charge is 2.21. The molecule has 0 spiro atoms. The first-order chi connectivity index (χ1) is 13.4. The van der Waals surface area contributed by atoms with Crippen LogP contribution in [0.1, 0.15) is 51.2 Å². The highest BCUT2D eigenvalue weighted by molar-refractivity contribution is 5.79. The predicted octanol–water partition coefficient (Wildman–Crippen LogP) is 3.62. The van der Waals surface area contributed by atoms with Crippen molar-refractivity contribution in [1.29, 1.82) is 0 Å². The Morgan fingerprint density at radius 3 is 2.39 bits per heavy atom. The molecule has 0 atom stereocenters. The summed E-state index contributed by atoms with van der Waals surface area (Å²) < 4.78 is 11.0. The second-order valence-corrected chi connectivity index (χ2v) is 8.57. The largest absolute Gasteiger partial charge is 0.385 e. The van der Waals surface area contributed by atoms with E-state index in [-0.39, 0.29) is 5.41 Å². The molecule has 2 rings (SSSR count). The second-order valence-electron chi connectivity index (χ2n) is 8.57. The van der Waals surface area contributed by atoms with E-state index in [1.54, 1.807) is 7.11 Å². The normalized spacial score (nSPS) is 16.5. The molecular formula is C23H39N3O2. The van der Waals surface area contributed by atoms with E-state index >= 15 is 0 Å². The Morgan fingerprint density at radius 1 is 1.14 bits per heavy atom. The van der Waals surface area contributed by atoms with E-state index in [0.29, 0.717) is 6.10 Å². The lowest BCUT2D eigenvalue weighted by molar-refractivity contribution is 0.00992. The van der Waals surface area contributed by atoms with Gasteiger partial charge in [0.25, 0.3) is 0 Å². The number of nitrogens with zero attached hydrogens (tertiary/aromatic N) is 2. The third-order valence-corrected chi connectivity index (χ3v) is 5.32. The molecule has 0 bridgehead atoms. The van der Waals surface area contributed by atoms with Crippen molar-refractivity contribution in [3.8, 4) is 0 Å². The smallest absolute Gasteiger partial charge is 0.193 e. The van der Waals surface area contributed by atoms with Crippen molar-refractivity contribution in [3.05, 3.63) is 35.4 Å². The monoisotopic (exact) mass is 389 g/mol. The number of guanidine groups is 1. The number of likely N-dealkylation sites (tertiary alicyclic amines) is 1. The quantitative estimate of drug-likeness (QED) is 0.419. The summed E-state index contributed by atoms with van der Waals surface area (Å²) >= 11 is 0. The first kappa shape index (κ1) is 22.7.